The number of benzene rings is 13. The average molecular weight is 1010 g/mol. The van der Waals surface area contributed by atoms with Crippen molar-refractivity contribution in [2.45, 2.75) is 0 Å². The third-order valence-electron chi connectivity index (χ3n) is 15.9. The molecular weight excluding hydrogens is 967 g/mol. The van der Waals surface area contributed by atoms with Crippen molar-refractivity contribution >= 4 is 106 Å². The zero-order chi connectivity index (χ0) is 50.6. The first-order chi connectivity index (χ1) is 38.1. The Morgan fingerprint density at radius 3 is 1.08 bits per heavy atom. The molecule has 0 N–H and O–H groups in total. The third-order valence-corrected chi connectivity index (χ3v) is 18.4. The standard InChI is InChI=1S/C74H45NS2/c1-5-17-46(18-6-1)50-31-35-71-64(37-50)66-43-55(48-21-9-3-10-22-48)41-60(73(66)76-71)53-29-33-68-62(39-53)63-40-54(30-34-69(63)75(68)70-45-52-25-13-14-26-57(52)58-27-15-16-28-59(58)70)61-42-56(49-23-11-4-12-24-49)44-67-65-38-51(47-19-7-2-8-20-47)32-36-72(65)77-74(61)67/h1-45H. The molecule has 0 aliphatic heterocycles. The van der Waals surface area contributed by atoms with E-state index >= 15 is 0 Å². The number of rotatable bonds is 7. The van der Waals surface area contributed by atoms with Gasteiger partial charge in [-0.15, -0.1) is 22.7 Å². The molecule has 0 bridgehead atoms. The SMILES string of the molecule is c1ccc(-c2ccc3sc4c(-c5ccc6c(c5)c5cc(-c7cc(-c8ccccc8)cc8c7sc7ccc(-c9ccccc9)cc78)ccc5n6-c5cc6ccccc6c6ccccc56)cc(-c5ccccc5)cc4c3c2)cc1. The second kappa shape index (κ2) is 17.6. The van der Waals surface area contributed by atoms with Gasteiger partial charge in [0.1, 0.15) is 0 Å². The van der Waals surface area contributed by atoms with Gasteiger partial charge in [-0.3, -0.25) is 0 Å². The van der Waals surface area contributed by atoms with Gasteiger partial charge in [-0.05, 0) is 151 Å². The normalized spacial score (nSPS) is 11.9. The maximum atomic E-state index is 2.54. The molecule has 0 spiro atoms. The first-order valence-corrected chi connectivity index (χ1v) is 28.0. The lowest BCUT2D eigenvalue weighted by Gasteiger charge is -2.15. The molecule has 3 aromatic heterocycles. The molecule has 3 heterocycles. The van der Waals surface area contributed by atoms with Crippen LogP contribution in [0.5, 0.6) is 0 Å². The molecule has 16 aromatic rings. The summed E-state index contributed by atoms with van der Waals surface area (Å²) in [6.07, 6.45) is 0. The Morgan fingerprint density at radius 2 is 0.597 bits per heavy atom. The summed E-state index contributed by atoms with van der Waals surface area (Å²) in [5.74, 6) is 0. The predicted octanol–water partition coefficient (Wildman–Crippen LogP) is 21.8. The smallest absolute Gasteiger partial charge is 0.0546 e. The van der Waals surface area contributed by atoms with Crippen molar-refractivity contribution in [3.8, 4) is 72.4 Å². The fourth-order valence-electron chi connectivity index (χ4n) is 12.2. The molecule has 0 fully saturated rings. The minimum atomic E-state index is 1.18. The molecule has 358 valence electrons. The Hall–Kier alpha value is -9.38. The number of nitrogens with zero attached hydrogens (tertiary/aromatic N) is 1. The molecule has 0 unspecified atom stereocenters. The van der Waals surface area contributed by atoms with Crippen molar-refractivity contribution in [3.05, 3.63) is 273 Å². The van der Waals surface area contributed by atoms with Crippen LogP contribution in [-0.2, 0) is 0 Å². The van der Waals surface area contributed by atoms with Gasteiger partial charge in [-0.2, -0.15) is 0 Å². The van der Waals surface area contributed by atoms with Gasteiger partial charge in [0, 0.05) is 67.6 Å². The highest BCUT2D eigenvalue weighted by Crippen LogP contribution is 2.48. The van der Waals surface area contributed by atoms with Gasteiger partial charge >= 0.3 is 0 Å². The molecule has 0 aliphatic rings. The molecule has 0 atom stereocenters. The molecule has 0 radical (unpaired) electrons. The zero-order valence-corrected chi connectivity index (χ0v) is 43.4. The highest BCUT2D eigenvalue weighted by atomic mass is 32.1. The molecule has 1 nitrogen and oxygen atoms in total. The summed E-state index contributed by atoms with van der Waals surface area (Å²) < 4.78 is 7.72. The number of thiophene rings is 2. The van der Waals surface area contributed by atoms with Gasteiger partial charge in [0.05, 0.1) is 16.7 Å². The van der Waals surface area contributed by atoms with Crippen molar-refractivity contribution in [2.75, 3.05) is 0 Å². The summed E-state index contributed by atoms with van der Waals surface area (Å²) in [5.41, 5.74) is 18.2. The summed E-state index contributed by atoms with van der Waals surface area (Å²) in [7, 11) is 0. The zero-order valence-electron chi connectivity index (χ0n) is 41.7. The molecule has 0 amide bonds. The van der Waals surface area contributed by atoms with E-state index < -0.39 is 0 Å². The Kier molecular flexibility index (Phi) is 10.1. The lowest BCUT2D eigenvalue weighted by Crippen LogP contribution is -1.96. The highest BCUT2D eigenvalue weighted by Gasteiger charge is 2.22. The number of hydrogen-bond acceptors (Lipinski definition) is 2. The monoisotopic (exact) mass is 1010 g/mol. The van der Waals surface area contributed by atoms with E-state index in [-0.39, 0.29) is 0 Å². The van der Waals surface area contributed by atoms with E-state index in [4.69, 9.17) is 0 Å². The van der Waals surface area contributed by atoms with E-state index in [9.17, 15) is 0 Å². The lowest BCUT2D eigenvalue weighted by atomic mass is 9.93. The molecule has 0 saturated heterocycles. The van der Waals surface area contributed by atoms with Crippen LogP contribution in [0.1, 0.15) is 0 Å². The van der Waals surface area contributed by atoms with E-state index in [0.29, 0.717) is 0 Å². The minimum absolute atomic E-state index is 1.18. The molecular formula is C74H45NS2. The molecule has 77 heavy (non-hydrogen) atoms. The Balaban J connectivity index is 0.974. The number of aromatic nitrogens is 1. The van der Waals surface area contributed by atoms with Gasteiger partial charge in [0.15, 0.2) is 0 Å². The Bertz CT molecular complexity index is 4750. The van der Waals surface area contributed by atoms with Crippen LogP contribution in [0, 0.1) is 0 Å². The summed E-state index contributed by atoms with van der Waals surface area (Å²) in [5, 5.41) is 12.6. The van der Waals surface area contributed by atoms with Crippen LogP contribution in [0.2, 0.25) is 0 Å². The van der Waals surface area contributed by atoms with Crippen LogP contribution < -0.4 is 0 Å². The van der Waals surface area contributed by atoms with Crippen LogP contribution >= 0.6 is 22.7 Å². The second-order valence-corrected chi connectivity index (χ2v) is 22.5. The lowest BCUT2D eigenvalue weighted by molar-refractivity contribution is 1.20. The number of fused-ring (bicyclic) bond motifs is 12. The van der Waals surface area contributed by atoms with Crippen molar-refractivity contribution in [1.29, 1.82) is 0 Å². The number of hydrogen-bond donors (Lipinski definition) is 0. The fraction of sp³-hybridized carbons (Fsp3) is 0. The van der Waals surface area contributed by atoms with E-state index in [1.54, 1.807) is 0 Å². The van der Waals surface area contributed by atoms with Crippen LogP contribution in [0.25, 0.3) is 156 Å². The van der Waals surface area contributed by atoms with Crippen molar-refractivity contribution in [1.82, 2.24) is 4.57 Å². The minimum Gasteiger partial charge on any atom is -0.309 e. The molecule has 0 aliphatic carbocycles. The van der Waals surface area contributed by atoms with Gasteiger partial charge in [-0.1, -0.05) is 194 Å². The largest absolute Gasteiger partial charge is 0.309 e. The van der Waals surface area contributed by atoms with Gasteiger partial charge in [-0.25, -0.2) is 0 Å². The highest BCUT2D eigenvalue weighted by molar-refractivity contribution is 7.26. The van der Waals surface area contributed by atoms with Crippen molar-refractivity contribution in [2.24, 2.45) is 0 Å². The van der Waals surface area contributed by atoms with E-state index in [1.807, 2.05) is 22.7 Å². The molecule has 16 rings (SSSR count). The van der Waals surface area contributed by atoms with E-state index in [1.165, 1.54) is 156 Å². The molecule has 13 aromatic carbocycles. The van der Waals surface area contributed by atoms with Gasteiger partial charge < -0.3 is 4.57 Å². The quantitative estimate of drug-likeness (QED) is 0.140. The van der Waals surface area contributed by atoms with E-state index in [0.717, 1.165) is 0 Å². The van der Waals surface area contributed by atoms with Crippen molar-refractivity contribution in [3.63, 3.8) is 0 Å². The summed E-state index contributed by atoms with van der Waals surface area (Å²) in [4.78, 5) is 0. The van der Waals surface area contributed by atoms with Gasteiger partial charge in [0.25, 0.3) is 0 Å². The average Bonchev–Trinajstić information content (AvgIpc) is 4.20. The predicted molar refractivity (Wildman–Crippen MR) is 334 cm³/mol. The van der Waals surface area contributed by atoms with Crippen LogP contribution in [0.4, 0.5) is 0 Å². The second-order valence-electron chi connectivity index (χ2n) is 20.4. The third kappa shape index (κ3) is 7.20. The van der Waals surface area contributed by atoms with Crippen LogP contribution in [0.15, 0.2) is 273 Å². The van der Waals surface area contributed by atoms with E-state index in [2.05, 4.69) is 278 Å². The van der Waals surface area contributed by atoms with Crippen LogP contribution in [0.3, 0.4) is 0 Å². The first-order valence-electron chi connectivity index (χ1n) is 26.4. The summed E-state index contributed by atoms with van der Waals surface area (Å²) in [6.45, 7) is 0. The van der Waals surface area contributed by atoms with Crippen molar-refractivity contribution < 1.29 is 0 Å². The Labute approximate surface area is 453 Å². The first kappa shape index (κ1) is 44.0. The summed E-state index contributed by atoms with van der Waals surface area (Å²) >= 11 is 3.80. The topological polar surface area (TPSA) is 4.93 Å². The van der Waals surface area contributed by atoms with Gasteiger partial charge in [0.2, 0.25) is 0 Å². The maximum absolute atomic E-state index is 2.54. The Morgan fingerprint density at radius 1 is 0.221 bits per heavy atom. The fourth-order valence-corrected chi connectivity index (χ4v) is 14.6. The maximum Gasteiger partial charge on any atom is 0.0546 e. The molecule has 0 saturated carbocycles. The van der Waals surface area contributed by atoms with Crippen LogP contribution in [-0.4, -0.2) is 4.57 Å². The molecule has 3 heteroatoms. The summed E-state index contributed by atoms with van der Waals surface area (Å²) in [6, 6.07) is 102.